The van der Waals surface area contributed by atoms with E-state index in [1.165, 1.54) is 30.4 Å². The van der Waals surface area contributed by atoms with E-state index >= 15 is 0 Å². The van der Waals surface area contributed by atoms with Crippen molar-refractivity contribution >= 4 is 5.91 Å². The highest BCUT2D eigenvalue weighted by molar-refractivity contribution is 5.79. The molecule has 0 radical (unpaired) electrons. The third-order valence-electron chi connectivity index (χ3n) is 6.07. The van der Waals surface area contributed by atoms with Gasteiger partial charge in [-0.25, -0.2) is 0 Å². The molecular weight excluding hydrogens is 300 g/mol. The van der Waals surface area contributed by atoms with Crippen LogP contribution in [0.1, 0.15) is 43.2 Å². The van der Waals surface area contributed by atoms with Gasteiger partial charge in [0.05, 0.1) is 12.6 Å². The Balaban J connectivity index is 1.46. The van der Waals surface area contributed by atoms with Gasteiger partial charge in [-0.2, -0.15) is 0 Å². The van der Waals surface area contributed by atoms with Crippen molar-refractivity contribution in [2.75, 3.05) is 19.6 Å². The van der Waals surface area contributed by atoms with E-state index in [-0.39, 0.29) is 5.91 Å². The first-order valence-electron chi connectivity index (χ1n) is 9.49. The maximum Gasteiger partial charge on any atom is 0.237 e. The summed E-state index contributed by atoms with van der Waals surface area (Å²) in [5.41, 5.74) is 2.80. The fourth-order valence-electron chi connectivity index (χ4n) is 4.80. The number of hydrogen-bond acceptors (Lipinski definition) is 3. The number of benzene rings is 1. The molecule has 4 rings (SSSR count). The fraction of sp³-hybridized carbons (Fsp3) is 0.650. The number of aliphatic hydroxyl groups is 1. The molecule has 1 amide bonds. The molecule has 2 aliphatic carbocycles. The lowest BCUT2D eigenvalue weighted by molar-refractivity contribution is -0.134. The average Bonchev–Trinajstić information content (AvgIpc) is 2.97. The third kappa shape index (κ3) is 3.22. The molecule has 1 saturated heterocycles. The van der Waals surface area contributed by atoms with E-state index in [2.05, 4.69) is 29.2 Å². The van der Waals surface area contributed by atoms with Crippen LogP contribution in [0.15, 0.2) is 24.3 Å². The number of hydrogen-bond donors (Lipinski definition) is 1. The van der Waals surface area contributed by atoms with Crippen molar-refractivity contribution in [1.82, 2.24) is 9.80 Å². The molecule has 24 heavy (non-hydrogen) atoms. The molecule has 1 aromatic rings. The summed E-state index contributed by atoms with van der Waals surface area (Å²) in [5.74, 6) is 0.217. The second-order valence-corrected chi connectivity index (χ2v) is 7.75. The summed E-state index contributed by atoms with van der Waals surface area (Å²) in [5, 5.41) is 10.5. The van der Waals surface area contributed by atoms with Crippen molar-refractivity contribution in [2.45, 2.75) is 63.1 Å². The summed E-state index contributed by atoms with van der Waals surface area (Å²) in [7, 11) is 0. The maximum absolute atomic E-state index is 12.9. The lowest BCUT2D eigenvalue weighted by Crippen LogP contribution is -2.46. The van der Waals surface area contributed by atoms with E-state index < -0.39 is 6.10 Å². The van der Waals surface area contributed by atoms with Crippen LogP contribution in [0.2, 0.25) is 0 Å². The minimum absolute atomic E-state index is 0.217. The van der Waals surface area contributed by atoms with Gasteiger partial charge in [0.25, 0.3) is 0 Å². The quantitative estimate of drug-likeness (QED) is 0.903. The molecule has 0 aromatic heterocycles. The number of carbonyl (C=O) groups excluding carboxylic acids is 1. The minimum atomic E-state index is -0.429. The molecule has 1 N–H and O–H groups in total. The number of carbonyl (C=O) groups is 1. The van der Waals surface area contributed by atoms with Gasteiger partial charge in [-0.15, -0.1) is 0 Å². The van der Waals surface area contributed by atoms with Gasteiger partial charge in [0.2, 0.25) is 5.91 Å². The Morgan fingerprint density at radius 2 is 1.58 bits per heavy atom. The Hall–Kier alpha value is -1.39. The SMILES string of the molecule is O=C1CN(C2Cc3ccccc3C2)CC(O)CN1C1CCCCC1. The summed E-state index contributed by atoms with van der Waals surface area (Å²) in [6.45, 7) is 1.60. The van der Waals surface area contributed by atoms with Gasteiger partial charge in [0, 0.05) is 25.2 Å². The average molecular weight is 328 g/mol. The first kappa shape index (κ1) is 16.1. The summed E-state index contributed by atoms with van der Waals surface area (Å²) in [6.07, 6.45) is 7.49. The smallest absolute Gasteiger partial charge is 0.237 e. The second kappa shape index (κ2) is 6.85. The number of aliphatic hydroxyl groups excluding tert-OH is 1. The summed E-state index contributed by atoms with van der Waals surface area (Å²) in [4.78, 5) is 17.1. The molecule has 4 nitrogen and oxygen atoms in total. The van der Waals surface area contributed by atoms with Crippen molar-refractivity contribution in [3.63, 3.8) is 0 Å². The number of nitrogens with zero attached hydrogens (tertiary/aromatic N) is 2. The van der Waals surface area contributed by atoms with E-state index in [9.17, 15) is 9.90 Å². The Labute approximate surface area is 144 Å². The Morgan fingerprint density at radius 1 is 0.917 bits per heavy atom. The predicted molar refractivity (Wildman–Crippen MR) is 93.8 cm³/mol. The van der Waals surface area contributed by atoms with Crippen LogP contribution in [0.3, 0.4) is 0 Å². The topological polar surface area (TPSA) is 43.8 Å². The number of rotatable bonds is 2. The van der Waals surface area contributed by atoms with Gasteiger partial charge in [-0.1, -0.05) is 43.5 Å². The highest BCUT2D eigenvalue weighted by Crippen LogP contribution is 2.28. The normalized spacial score (nSPS) is 27.3. The molecule has 0 bridgehead atoms. The second-order valence-electron chi connectivity index (χ2n) is 7.75. The highest BCUT2D eigenvalue weighted by Gasteiger charge is 2.36. The largest absolute Gasteiger partial charge is 0.390 e. The van der Waals surface area contributed by atoms with Crippen LogP contribution >= 0.6 is 0 Å². The van der Waals surface area contributed by atoms with Gasteiger partial charge in [0.1, 0.15) is 0 Å². The van der Waals surface area contributed by atoms with Crippen LogP contribution in [-0.4, -0.2) is 58.6 Å². The molecular formula is C20H28N2O2. The van der Waals surface area contributed by atoms with Crippen LogP contribution in [-0.2, 0) is 17.6 Å². The van der Waals surface area contributed by atoms with Crippen LogP contribution in [0.4, 0.5) is 0 Å². The summed E-state index contributed by atoms with van der Waals surface area (Å²) in [6, 6.07) is 9.27. The maximum atomic E-state index is 12.9. The number of fused-ring (bicyclic) bond motifs is 1. The standard InChI is InChI=1S/C20H28N2O2/c23-19-12-21(18-10-15-6-4-5-7-16(15)11-18)14-20(24)22(13-19)17-8-2-1-3-9-17/h4-7,17-19,23H,1-3,8-14H2. The molecule has 1 unspecified atom stereocenters. The lowest BCUT2D eigenvalue weighted by atomic mass is 9.94. The van der Waals surface area contributed by atoms with E-state index in [4.69, 9.17) is 0 Å². The molecule has 1 atom stereocenters. The third-order valence-corrected chi connectivity index (χ3v) is 6.07. The van der Waals surface area contributed by atoms with E-state index in [1.54, 1.807) is 0 Å². The van der Waals surface area contributed by atoms with Crippen molar-refractivity contribution in [2.24, 2.45) is 0 Å². The Morgan fingerprint density at radius 3 is 2.25 bits per heavy atom. The van der Waals surface area contributed by atoms with Crippen molar-refractivity contribution in [1.29, 1.82) is 0 Å². The van der Waals surface area contributed by atoms with Crippen LogP contribution in [0.5, 0.6) is 0 Å². The molecule has 4 heteroatoms. The summed E-state index contributed by atoms with van der Waals surface area (Å²) >= 11 is 0. The van der Waals surface area contributed by atoms with Crippen molar-refractivity contribution < 1.29 is 9.90 Å². The molecule has 1 aliphatic heterocycles. The molecule has 1 heterocycles. The summed E-state index contributed by atoms with van der Waals surface area (Å²) < 4.78 is 0. The van der Waals surface area contributed by atoms with Crippen molar-refractivity contribution in [3.8, 4) is 0 Å². The first-order valence-corrected chi connectivity index (χ1v) is 9.49. The molecule has 3 aliphatic rings. The van der Waals surface area contributed by atoms with Crippen LogP contribution < -0.4 is 0 Å². The van der Waals surface area contributed by atoms with Gasteiger partial charge >= 0.3 is 0 Å². The lowest BCUT2D eigenvalue weighted by Gasteiger charge is -2.34. The molecule has 1 aromatic carbocycles. The zero-order valence-corrected chi connectivity index (χ0v) is 14.4. The van der Waals surface area contributed by atoms with Gasteiger partial charge in [0.15, 0.2) is 0 Å². The Kier molecular flexibility index (Phi) is 4.59. The predicted octanol–water partition coefficient (Wildman–Crippen LogP) is 1.99. The van der Waals surface area contributed by atoms with Crippen LogP contribution in [0, 0.1) is 0 Å². The number of amides is 1. The minimum Gasteiger partial charge on any atom is -0.390 e. The number of β-amino-alcohol motifs (C(OH)–C–C–N with tert-alkyl or cyclic N) is 1. The molecule has 1 saturated carbocycles. The Bertz CT molecular complexity index is 572. The zero-order valence-electron chi connectivity index (χ0n) is 14.4. The van der Waals surface area contributed by atoms with E-state index in [0.29, 0.717) is 31.7 Å². The van der Waals surface area contributed by atoms with Gasteiger partial charge in [-0.05, 0) is 36.8 Å². The van der Waals surface area contributed by atoms with Gasteiger partial charge in [-0.3, -0.25) is 9.69 Å². The van der Waals surface area contributed by atoms with Crippen LogP contribution in [0.25, 0.3) is 0 Å². The fourth-order valence-corrected chi connectivity index (χ4v) is 4.80. The van der Waals surface area contributed by atoms with Gasteiger partial charge < -0.3 is 10.0 Å². The molecule has 130 valence electrons. The first-order chi connectivity index (χ1) is 11.7. The molecule has 2 fully saturated rings. The highest BCUT2D eigenvalue weighted by atomic mass is 16.3. The molecule has 0 spiro atoms. The van der Waals surface area contributed by atoms with E-state index in [1.807, 2.05) is 4.90 Å². The monoisotopic (exact) mass is 328 g/mol. The van der Waals surface area contributed by atoms with Crippen molar-refractivity contribution in [3.05, 3.63) is 35.4 Å². The van der Waals surface area contributed by atoms with E-state index in [0.717, 1.165) is 25.7 Å². The zero-order chi connectivity index (χ0) is 16.5.